The van der Waals surface area contributed by atoms with Crippen LogP contribution in [0.5, 0.6) is 0 Å². The lowest BCUT2D eigenvalue weighted by atomic mass is 9.99. The molecule has 0 bridgehead atoms. The van der Waals surface area contributed by atoms with Gasteiger partial charge in [-0.1, -0.05) is 0 Å². The Morgan fingerprint density at radius 1 is 1.41 bits per heavy atom. The van der Waals surface area contributed by atoms with E-state index >= 15 is 0 Å². The van der Waals surface area contributed by atoms with Crippen LogP contribution in [0.2, 0.25) is 0 Å². The first kappa shape index (κ1) is 14.4. The minimum Gasteiger partial charge on any atom is -0.480 e. The first-order chi connectivity index (χ1) is 7.92. The standard InChI is InChI=1S/C12H25N3O2/c1-12(13,11(16)17)5-8-14(2)9-10-15-6-3-4-7-15/h3-10,13H2,1-2H3,(H,16,17). The lowest BCUT2D eigenvalue weighted by molar-refractivity contribution is -0.143. The summed E-state index contributed by atoms with van der Waals surface area (Å²) in [7, 11) is 2.02. The van der Waals surface area contributed by atoms with Gasteiger partial charge in [0.05, 0.1) is 0 Å². The molecule has 0 spiro atoms. The molecule has 1 heterocycles. The largest absolute Gasteiger partial charge is 0.480 e. The zero-order valence-corrected chi connectivity index (χ0v) is 11.0. The Kier molecular flexibility index (Phi) is 5.36. The normalized spacial score (nSPS) is 20.7. The maximum Gasteiger partial charge on any atom is 0.323 e. The van der Waals surface area contributed by atoms with E-state index in [1.807, 2.05) is 7.05 Å². The Labute approximate surface area is 104 Å². The topological polar surface area (TPSA) is 69.8 Å². The smallest absolute Gasteiger partial charge is 0.323 e. The summed E-state index contributed by atoms with van der Waals surface area (Å²) in [5, 5.41) is 8.90. The highest BCUT2D eigenvalue weighted by Crippen LogP contribution is 2.08. The third-order valence-corrected chi connectivity index (χ3v) is 3.50. The van der Waals surface area contributed by atoms with Gasteiger partial charge in [0.1, 0.15) is 5.54 Å². The second kappa shape index (κ2) is 6.33. The minimum absolute atomic E-state index is 0.485. The Morgan fingerprint density at radius 3 is 2.53 bits per heavy atom. The second-order valence-electron chi connectivity index (χ2n) is 5.32. The predicted octanol–water partition coefficient (Wildman–Crippen LogP) is 0.206. The summed E-state index contributed by atoms with van der Waals surface area (Å²) in [5.74, 6) is -0.926. The number of carbonyl (C=O) groups is 1. The molecular weight excluding hydrogens is 218 g/mol. The molecule has 1 fully saturated rings. The van der Waals surface area contributed by atoms with Crippen molar-refractivity contribution in [3.8, 4) is 0 Å². The molecule has 0 aromatic carbocycles. The third-order valence-electron chi connectivity index (χ3n) is 3.50. The zero-order valence-electron chi connectivity index (χ0n) is 11.0. The molecule has 5 nitrogen and oxygen atoms in total. The number of carboxylic acid groups (broad SMARTS) is 1. The molecule has 3 N–H and O–H groups in total. The van der Waals surface area contributed by atoms with Gasteiger partial charge in [-0.25, -0.2) is 0 Å². The van der Waals surface area contributed by atoms with E-state index < -0.39 is 11.5 Å². The van der Waals surface area contributed by atoms with Gasteiger partial charge in [0, 0.05) is 19.6 Å². The number of hydrogen-bond acceptors (Lipinski definition) is 4. The van der Waals surface area contributed by atoms with Gasteiger partial charge in [0.25, 0.3) is 0 Å². The molecule has 1 saturated heterocycles. The number of hydrogen-bond donors (Lipinski definition) is 2. The summed E-state index contributed by atoms with van der Waals surface area (Å²) in [6.45, 7) is 6.77. The molecule has 100 valence electrons. The van der Waals surface area contributed by atoms with Crippen molar-refractivity contribution >= 4 is 5.97 Å². The van der Waals surface area contributed by atoms with Gasteiger partial charge in [0.15, 0.2) is 0 Å². The molecule has 0 aliphatic carbocycles. The van der Waals surface area contributed by atoms with Crippen LogP contribution in [0.25, 0.3) is 0 Å². The Bertz CT molecular complexity index is 250. The van der Waals surface area contributed by atoms with E-state index in [1.54, 1.807) is 6.92 Å². The van der Waals surface area contributed by atoms with Gasteiger partial charge >= 0.3 is 5.97 Å². The Morgan fingerprint density at radius 2 is 2.00 bits per heavy atom. The van der Waals surface area contributed by atoms with Crippen molar-refractivity contribution in [1.82, 2.24) is 9.80 Å². The molecule has 1 aliphatic rings. The van der Waals surface area contributed by atoms with Crippen molar-refractivity contribution in [3.05, 3.63) is 0 Å². The Hall–Kier alpha value is -0.650. The van der Waals surface area contributed by atoms with Gasteiger partial charge in [-0.05, 0) is 46.3 Å². The quantitative estimate of drug-likeness (QED) is 0.669. The summed E-state index contributed by atoms with van der Waals surface area (Å²) in [6.07, 6.45) is 3.10. The number of aliphatic carboxylic acids is 1. The van der Waals surface area contributed by atoms with Gasteiger partial charge < -0.3 is 20.6 Å². The monoisotopic (exact) mass is 243 g/mol. The SMILES string of the molecule is CN(CCN1CCCC1)CCC(C)(N)C(=O)O. The van der Waals surface area contributed by atoms with Gasteiger partial charge in [-0.15, -0.1) is 0 Å². The van der Waals surface area contributed by atoms with E-state index in [1.165, 1.54) is 25.9 Å². The maximum absolute atomic E-state index is 10.8. The van der Waals surface area contributed by atoms with Crippen LogP contribution in [0.4, 0.5) is 0 Å². The van der Waals surface area contributed by atoms with Crippen molar-refractivity contribution in [3.63, 3.8) is 0 Å². The van der Waals surface area contributed by atoms with Crippen LogP contribution in [0.1, 0.15) is 26.2 Å². The van der Waals surface area contributed by atoms with Crippen molar-refractivity contribution in [2.45, 2.75) is 31.7 Å². The average Bonchev–Trinajstić information content (AvgIpc) is 2.76. The third kappa shape index (κ3) is 5.02. The fraction of sp³-hybridized carbons (Fsp3) is 0.917. The molecule has 17 heavy (non-hydrogen) atoms. The molecule has 1 aliphatic heterocycles. The minimum atomic E-state index is -1.11. The summed E-state index contributed by atoms with van der Waals surface area (Å²) in [4.78, 5) is 15.5. The molecule has 0 radical (unpaired) electrons. The van der Waals surface area contributed by atoms with E-state index in [4.69, 9.17) is 10.8 Å². The van der Waals surface area contributed by atoms with E-state index in [9.17, 15) is 4.79 Å². The first-order valence-electron chi connectivity index (χ1n) is 6.35. The van der Waals surface area contributed by atoms with Gasteiger partial charge in [-0.2, -0.15) is 0 Å². The molecule has 1 atom stereocenters. The number of rotatable bonds is 7. The van der Waals surface area contributed by atoms with E-state index in [2.05, 4.69) is 9.80 Å². The highest BCUT2D eigenvalue weighted by atomic mass is 16.4. The van der Waals surface area contributed by atoms with Crippen LogP contribution in [-0.2, 0) is 4.79 Å². The number of nitrogens with zero attached hydrogens (tertiary/aromatic N) is 2. The number of likely N-dealkylation sites (tertiary alicyclic amines) is 1. The lowest BCUT2D eigenvalue weighted by Gasteiger charge is -2.25. The van der Waals surface area contributed by atoms with E-state index in [-0.39, 0.29) is 0 Å². The summed E-state index contributed by atoms with van der Waals surface area (Å²) < 4.78 is 0. The van der Waals surface area contributed by atoms with Crippen molar-refractivity contribution in [1.29, 1.82) is 0 Å². The first-order valence-corrected chi connectivity index (χ1v) is 6.35. The van der Waals surface area contributed by atoms with Crippen LogP contribution >= 0.6 is 0 Å². The number of carboxylic acids is 1. The molecule has 0 aromatic rings. The molecule has 1 unspecified atom stereocenters. The summed E-state index contributed by atoms with van der Waals surface area (Å²) in [6, 6.07) is 0. The maximum atomic E-state index is 10.8. The summed E-state index contributed by atoms with van der Waals surface area (Å²) in [5.41, 5.74) is 4.58. The van der Waals surface area contributed by atoms with Crippen LogP contribution in [-0.4, -0.2) is 66.2 Å². The molecule has 5 heteroatoms. The Balaban J connectivity index is 2.16. The van der Waals surface area contributed by atoms with Gasteiger partial charge in [-0.3, -0.25) is 4.79 Å². The highest BCUT2D eigenvalue weighted by molar-refractivity contribution is 5.77. The highest BCUT2D eigenvalue weighted by Gasteiger charge is 2.27. The van der Waals surface area contributed by atoms with Crippen molar-refractivity contribution in [2.75, 3.05) is 39.8 Å². The number of likely N-dealkylation sites (N-methyl/N-ethyl adjacent to an activating group) is 1. The number of nitrogens with two attached hydrogens (primary N) is 1. The fourth-order valence-corrected chi connectivity index (χ4v) is 1.96. The van der Waals surface area contributed by atoms with Crippen LogP contribution in [0.3, 0.4) is 0 Å². The molecule has 1 rings (SSSR count). The van der Waals surface area contributed by atoms with E-state index in [0.717, 1.165) is 19.6 Å². The van der Waals surface area contributed by atoms with Crippen LogP contribution in [0.15, 0.2) is 0 Å². The molecule has 0 aromatic heterocycles. The van der Waals surface area contributed by atoms with Crippen molar-refractivity contribution < 1.29 is 9.90 Å². The predicted molar refractivity (Wildman–Crippen MR) is 68.0 cm³/mol. The van der Waals surface area contributed by atoms with E-state index in [0.29, 0.717) is 6.42 Å². The van der Waals surface area contributed by atoms with Crippen LogP contribution < -0.4 is 5.73 Å². The lowest BCUT2D eigenvalue weighted by Crippen LogP contribution is -2.47. The average molecular weight is 243 g/mol. The van der Waals surface area contributed by atoms with Crippen LogP contribution in [0, 0.1) is 0 Å². The summed E-state index contributed by atoms with van der Waals surface area (Å²) >= 11 is 0. The fourth-order valence-electron chi connectivity index (χ4n) is 1.96. The van der Waals surface area contributed by atoms with Crippen molar-refractivity contribution in [2.24, 2.45) is 5.73 Å². The second-order valence-corrected chi connectivity index (χ2v) is 5.32. The zero-order chi connectivity index (χ0) is 12.9. The molecular formula is C12H25N3O2. The molecule has 0 saturated carbocycles. The van der Waals surface area contributed by atoms with Gasteiger partial charge in [0.2, 0.25) is 0 Å². The molecule has 0 amide bonds.